The van der Waals surface area contributed by atoms with Crippen molar-refractivity contribution in [2.75, 3.05) is 12.4 Å². The first kappa shape index (κ1) is 17.4. The van der Waals surface area contributed by atoms with E-state index in [9.17, 15) is 5.26 Å². The smallest absolute Gasteiger partial charge is 0.186 e. The fraction of sp³-hybridized carbons (Fsp3) is 0.318. The molecular weight excluding hydrogens is 336 g/mol. The third-order valence-electron chi connectivity index (χ3n) is 5.20. The van der Waals surface area contributed by atoms with Crippen LogP contribution < -0.4 is 5.32 Å². The zero-order chi connectivity index (χ0) is 18.8. The van der Waals surface area contributed by atoms with E-state index in [1.165, 1.54) is 12.8 Å². The number of fused-ring (bicyclic) bond motifs is 1. The third-order valence-corrected chi connectivity index (χ3v) is 5.20. The van der Waals surface area contributed by atoms with E-state index < -0.39 is 0 Å². The zero-order valence-electron chi connectivity index (χ0n) is 15.6. The molecule has 5 nitrogen and oxygen atoms in total. The monoisotopic (exact) mass is 358 g/mol. The number of methoxy groups -OCH3 is 1. The lowest BCUT2D eigenvalue weighted by molar-refractivity contribution is 0.185. The summed E-state index contributed by atoms with van der Waals surface area (Å²) in [6, 6.07) is 16.8. The van der Waals surface area contributed by atoms with Crippen LogP contribution in [0.4, 0.5) is 5.69 Å². The third kappa shape index (κ3) is 3.49. The van der Waals surface area contributed by atoms with Gasteiger partial charge in [-0.25, -0.2) is 0 Å². The van der Waals surface area contributed by atoms with Crippen molar-refractivity contribution in [3.05, 3.63) is 53.7 Å². The molecule has 1 N–H and O–H groups in total. The summed E-state index contributed by atoms with van der Waals surface area (Å²) in [7, 11) is 1.70. The molecule has 0 radical (unpaired) electrons. The van der Waals surface area contributed by atoms with E-state index in [1.54, 1.807) is 7.11 Å². The summed E-state index contributed by atoms with van der Waals surface area (Å²) < 4.78 is 5.32. The Labute approximate surface area is 159 Å². The molecule has 3 aromatic rings. The van der Waals surface area contributed by atoms with Crippen LogP contribution >= 0.6 is 0 Å². The predicted octanol–water partition coefficient (Wildman–Crippen LogP) is 4.53. The molecule has 1 aliphatic carbocycles. The highest BCUT2D eigenvalue weighted by Gasteiger charge is 2.29. The first-order valence-electron chi connectivity index (χ1n) is 9.25. The van der Waals surface area contributed by atoms with Gasteiger partial charge in [-0.2, -0.15) is 5.26 Å². The lowest BCUT2D eigenvalue weighted by atomic mass is 9.98. The van der Waals surface area contributed by atoms with E-state index >= 15 is 0 Å². The Morgan fingerprint density at radius 3 is 2.78 bits per heavy atom. The van der Waals surface area contributed by atoms with Gasteiger partial charge in [-0.15, -0.1) is 10.2 Å². The molecule has 0 saturated heterocycles. The summed E-state index contributed by atoms with van der Waals surface area (Å²) >= 11 is 0. The molecule has 1 aliphatic rings. The minimum absolute atomic E-state index is 0.326. The second kappa shape index (κ2) is 7.34. The summed E-state index contributed by atoms with van der Waals surface area (Å²) in [4.78, 5) is 0. The SMILES string of the molecule is COCc1ccccc1-c1ccc2c(NC(C)C3CC3)c(C#N)nnc2c1. The average Bonchev–Trinajstić information content (AvgIpc) is 3.54. The fourth-order valence-corrected chi connectivity index (χ4v) is 3.52. The number of nitrogens with zero attached hydrogens (tertiary/aromatic N) is 3. The molecular formula is C22H22N4O. The van der Waals surface area contributed by atoms with Gasteiger partial charge in [-0.1, -0.05) is 30.3 Å². The molecule has 0 bridgehead atoms. The molecule has 4 rings (SSSR count). The molecule has 1 unspecified atom stereocenters. The molecule has 0 aliphatic heterocycles. The Bertz CT molecular complexity index is 1020. The van der Waals surface area contributed by atoms with E-state index in [2.05, 4.69) is 46.7 Å². The summed E-state index contributed by atoms with van der Waals surface area (Å²) in [5, 5.41) is 22.4. The van der Waals surface area contributed by atoms with Crippen molar-refractivity contribution in [1.82, 2.24) is 10.2 Å². The van der Waals surface area contributed by atoms with Crippen LogP contribution in [-0.4, -0.2) is 23.3 Å². The van der Waals surface area contributed by atoms with Crippen molar-refractivity contribution < 1.29 is 4.74 Å². The molecule has 27 heavy (non-hydrogen) atoms. The van der Waals surface area contributed by atoms with Crippen LogP contribution in [0.2, 0.25) is 0 Å². The number of ether oxygens (including phenoxy) is 1. The maximum atomic E-state index is 9.47. The van der Waals surface area contributed by atoms with Gasteiger partial charge in [0.25, 0.3) is 0 Å². The second-order valence-corrected chi connectivity index (χ2v) is 7.13. The predicted molar refractivity (Wildman–Crippen MR) is 106 cm³/mol. The van der Waals surface area contributed by atoms with Gasteiger partial charge < -0.3 is 10.1 Å². The van der Waals surface area contributed by atoms with Gasteiger partial charge >= 0.3 is 0 Å². The van der Waals surface area contributed by atoms with Crippen LogP contribution in [0, 0.1) is 17.2 Å². The number of rotatable bonds is 6. The Morgan fingerprint density at radius 1 is 1.22 bits per heavy atom. The molecule has 1 atom stereocenters. The van der Waals surface area contributed by atoms with Gasteiger partial charge in [-0.3, -0.25) is 0 Å². The Kier molecular flexibility index (Phi) is 4.74. The van der Waals surface area contributed by atoms with Gasteiger partial charge in [0.2, 0.25) is 0 Å². The van der Waals surface area contributed by atoms with Crippen molar-refractivity contribution in [2.24, 2.45) is 5.92 Å². The van der Waals surface area contributed by atoms with Crippen molar-refractivity contribution in [2.45, 2.75) is 32.4 Å². The molecule has 1 heterocycles. The average molecular weight is 358 g/mol. The first-order chi connectivity index (χ1) is 13.2. The number of benzene rings is 2. The van der Waals surface area contributed by atoms with Crippen molar-refractivity contribution in [3.8, 4) is 17.2 Å². The number of nitriles is 1. The normalized spacial score (nSPS) is 14.7. The van der Waals surface area contributed by atoms with Gasteiger partial charge in [0.05, 0.1) is 17.8 Å². The van der Waals surface area contributed by atoms with Crippen LogP contribution in [0.15, 0.2) is 42.5 Å². The molecule has 136 valence electrons. The Morgan fingerprint density at radius 2 is 2.04 bits per heavy atom. The van der Waals surface area contributed by atoms with Crippen LogP contribution in [0.25, 0.3) is 22.0 Å². The van der Waals surface area contributed by atoms with E-state index in [0.29, 0.717) is 24.3 Å². The topological polar surface area (TPSA) is 70.8 Å². The highest BCUT2D eigenvalue weighted by Crippen LogP contribution is 2.36. The van der Waals surface area contributed by atoms with E-state index in [4.69, 9.17) is 4.74 Å². The Hall–Kier alpha value is -2.97. The lowest BCUT2D eigenvalue weighted by Crippen LogP contribution is -2.19. The minimum atomic E-state index is 0.326. The zero-order valence-corrected chi connectivity index (χ0v) is 15.6. The minimum Gasteiger partial charge on any atom is -0.380 e. The van der Waals surface area contributed by atoms with Crippen LogP contribution in [0.1, 0.15) is 31.0 Å². The van der Waals surface area contributed by atoms with Crippen LogP contribution in [0.3, 0.4) is 0 Å². The summed E-state index contributed by atoms with van der Waals surface area (Å²) in [5.74, 6) is 0.681. The molecule has 2 aromatic carbocycles. The fourth-order valence-electron chi connectivity index (χ4n) is 3.52. The molecule has 0 amide bonds. The summed E-state index contributed by atoms with van der Waals surface area (Å²) in [6.07, 6.45) is 2.49. The molecule has 1 saturated carbocycles. The van der Waals surface area contributed by atoms with Gasteiger partial charge in [0.1, 0.15) is 6.07 Å². The van der Waals surface area contributed by atoms with Crippen molar-refractivity contribution in [3.63, 3.8) is 0 Å². The van der Waals surface area contributed by atoms with E-state index in [0.717, 1.165) is 33.3 Å². The van der Waals surface area contributed by atoms with E-state index in [-0.39, 0.29) is 0 Å². The highest BCUT2D eigenvalue weighted by molar-refractivity contribution is 5.95. The first-order valence-corrected chi connectivity index (χ1v) is 9.25. The standard InChI is InChI=1S/C22H22N4O/c1-14(15-7-8-15)24-22-19-10-9-16(11-20(19)25-26-21(22)12-23)18-6-4-3-5-17(18)13-27-2/h3-6,9-11,14-15H,7-8,13H2,1-2H3,(H,24,25). The Balaban J connectivity index is 1.79. The quantitative estimate of drug-likeness (QED) is 0.701. The maximum absolute atomic E-state index is 9.47. The molecule has 5 heteroatoms. The highest BCUT2D eigenvalue weighted by atomic mass is 16.5. The maximum Gasteiger partial charge on any atom is 0.186 e. The largest absolute Gasteiger partial charge is 0.380 e. The number of hydrogen-bond donors (Lipinski definition) is 1. The van der Waals surface area contributed by atoms with E-state index in [1.807, 2.05) is 24.3 Å². The summed E-state index contributed by atoms with van der Waals surface area (Å²) in [6.45, 7) is 2.72. The van der Waals surface area contributed by atoms with Crippen molar-refractivity contribution in [1.29, 1.82) is 5.26 Å². The van der Waals surface area contributed by atoms with Gasteiger partial charge in [0, 0.05) is 18.5 Å². The van der Waals surface area contributed by atoms with Gasteiger partial charge in [0.15, 0.2) is 5.69 Å². The van der Waals surface area contributed by atoms with Crippen molar-refractivity contribution >= 4 is 16.6 Å². The summed E-state index contributed by atoms with van der Waals surface area (Å²) in [5.41, 5.74) is 5.23. The number of hydrogen-bond acceptors (Lipinski definition) is 5. The number of anilines is 1. The lowest BCUT2D eigenvalue weighted by Gasteiger charge is -2.17. The van der Waals surface area contributed by atoms with Crippen LogP contribution in [0.5, 0.6) is 0 Å². The molecule has 0 spiro atoms. The van der Waals surface area contributed by atoms with Crippen LogP contribution in [-0.2, 0) is 11.3 Å². The second-order valence-electron chi connectivity index (χ2n) is 7.13. The molecule has 1 aromatic heterocycles. The number of aromatic nitrogens is 2. The van der Waals surface area contributed by atoms with Gasteiger partial charge in [-0.05, 0) is 54.5 Å². The number of nitrogens with one attached hydrogen (secondary N) is 1. The molecule has 1 fully saturated rings.